The zero-order valence-electron chi connectivity index (χ0n) is 14.7. The number of hydrogen-bond donors (Lipinski definition) is 0. The molecule has 1 unspecified atom stereocenters. The molecule has 132 valence electrons. The van der Waals surface area contributed by atoms with E-state index < -0.39 is 0 Å². The first-order valence-electron chi connectivity index (χ1n) is 8.52. The standard InChI is InChI=1S/C19H19N5O2/c1-13-6-3-4-7-16(13)24-14(2)11-22(12-18(24)25)19(26)15-10-17-20-8-5-9-23(17)21-15/h3-10,14H,11-12H2,1-2H3. The molecule has 2 aromatic heterocycles. The van der Waals surface area contributed by atoms with Gasteiger partial charge in [-0.25, -0.2) is 9.50 Å². The monoisotopic (exact) mass is 349 g/mol. The van der Waals surface area contributed by atoms with Crippen LogP contribution in [0.3, 0.4) is 0 Å². The van der Waals surface area contributed by atoms with Gasteiger partial charge in [0.25, 0.3) is 5.91 Å². The van der Waals surface area contributed by atoms with Gasteiger partial charge in [0, 0.05) is 30.7 Å². The fourth-order valence-electron chi connectivity index (χ4n) is 3.41. The number of fused-ring (bicyclic) bond motifs is 1. The van der Waals surface area contributed by atoms with E-state index in [-0.39, 0.29) is 24.4 Å². The maximum Gasteiger partial charge on any atom is 0.274 e. The lowest BCUT2D eigenvalue weighted by atomic mass is 10.1. The number of benzene rings is 1. The molecule has 3 heterocycles. The SMILES string of the molecule is Cc1ccccc1N1C(=O)CN(C(=O)c2cc3ncccn3n2)CC1C. The van der Waals surface area contributed by atoms with Gasteiger partial charge in [-0.3, -0.25) is 9.59 Å². The van der Waals surface area contributed by atoms with Crippen LogP contribution in [0.1, 0.15) is 23.0 Å². The zero-order valence-corrected chi connectivity index (χ0v) is 14.7. The van der Waals surface area contributed by atoms with Crippen LogP contribution in [0.2, 0.25) is 0 Å². The van der Waals surface area contributed by atoms with E-state index in [4.69, 9.17) is 0 Å². The van der Waals surface area contributed by atoms with Gasteiger partial charge in [-0.2, -0.15) is 5.10 Å². The summed E-state index contributed by atoms with van der Waals surface area (Å²) in [4.78, 5) is 33.1. The van der Waals surface area contributed by atoms with Crippen molar-refractivity contribution in [2.75, 3.05) is 18.0 Å². The average molecular weight is 349 g/mol. The van der Waals surface area contributed by atoms with Crippen LogP contribution in [0.15, 0.2) is 48.8 Å². The smallest absolute Gasteiger partial charge is 0.274 e. The molecule has 1 aliphatic heterocycles. The number of para-hydroxylation sites is 1. The first kappa shape index (κ1) is 16.3. The molecule has 7 heteroatoms. The Labute approximate surface area is 150 Å². The Morgan fingerprint density at radius 3 is 2.77 bits per heavy atom. The minimum atomic E-state index is -0.250. The van der Waals surface area contributed by atoms with Crippen molar-refractivity contribution in [3.8, 4) is 0 Å². The highest BCUT2D eigenvalue weighted by atomic mass is 16.2. The van der Waals surface area contributed by atoms with Crippen molar-refractivity contribution in [2.45, 2.75) is 19.9 Å². The molecular weight excluding hydrogens is 330 g/mol. The van der Waals surface area contributed by atoms with E-state index in [1.165, 1.54) is 0 Å². The van der Waals surface area contributed by atoms with Crippen molar-refractivity contribution < 1.29 is 9.59 Å². The predicted octanol–water partition coefficient (Wildman–Crippen LogP) is 1.92. The number of carbonyl (C=O) groups excluding carboxylic acids is 2. The van der Waals surface area contributed by atoms with Gasteiger partial charge in [-0.05, 0) is 31.5 Å². The Morgan fingerprint density at radius 2 is 2.04 bits per heavy atom. The molecule has 0 aliphatic carbocycles. The van der Waals surface area contributed by atoms with Crippen molar-refractivity contribution in [3.05, 3.63) is 60.0 Å². The van der Waals surface area contributed by atoms with Crippen molar-refractivity contribution in [2.24, 2.45) is 0 Å². The van der Waals surface area contributed by atoms with Crippen LogP contribution < -0.4 is 4.90 Å². The van der Waals surface area contributed by atoms with Gasteiger partial charge in [0.2, 0.25) is 5.91 Å². The Morgan fingerprint density at radius 1 is 1.23 bits per heavy atom. The molecule has 3 aromatic rings. The molecule has 0 bridgehead atoms. The molecule has 0 spiro atoms. The maximum absolute atomic E-state index is 12.8. The van der Waals surface area contributed by atoms with Crippen LogP contribution in [-0.4, -0.2) is 50.4 Å². The summed E-state index contributed by atoms with van der Waals surface area (Å²) in [5.41, 5.74) is 2.84. The molecule has 1 atom stereocenters. The Kier molecular flexibility index (Phi) is 3.91. The van der Waals surface area contributed by atoms with Gasteiger partial charge in [0.15, 0.2) is 11.3 Å². The normalized spacial score (nSPS) is 17.8. The third-order valence-corrected chi connectivity index (χ3v) is 4.64. The molecule has 0 N–H and O–H groups in total. The minimum absolute atomic E-state index is 0.0405. The first-order valence-corrected chi connectivity index (χ1v) is 8.52. The number of anilines is 1. The van der Waals surface area contributed by atoms with Crippen LogP contribution in [0.4, 0.5) is 5.69 Å². The predicted molar refractivity (Wildman–Crippen MR) is 97.0 cm³/mol. The zero-order chi connectivity index (χ0) is 18.3. The van der Waals surface area contributed by atoms with Gasteiger partial charge < -0.3 is 9.80 Å². The minimum Gasteiger partial charge on any atom is -0.326 e. The Hall–Kier alpha value is -3.22. The number of piperazine rings is 1. The second-order valence-corrected chi connectivity index (χ2v) is 6.54. The van der Waals surface area contributed by atoms with Crippen LogP contribution in [0.25, 0.3) is 5.65 Å². The molecule has 1 saturated heterocycles. The Bertz CT molecular complexity index is 963. The summed E-state index contributed by atoms with van der Waals surface area (Å²) in [6.45, 7) is 4.44. The van der Waals surface area contributed by atoms with Crippen LogP contribution in [-0.2, 0) is 4.79 Å². The van der Waals surface area contributed by atoms with Crippen molar-refractivity contribution in [3.63, 3.8) is 0 Å². The van der Waals surface area contributed by atoms with Crippen LogP contribution >= 0.6 is 0 Å². The van der Waals surface area contributed by atoms with E-state index >= 15 is 0 Å². The summed E-state index contributed by atoms with van der Waals surface area (Å²) in [5, 5.41) is 4.27. The Balaban J connectivity index is 1.58. The second kappa shape index (κ2) is 6.25. The van der Waals surface area contributed by atoms with Crippen molar-refractivity contribution >= 4 is 23.1 Å². The lowest BCUT2D eigenvalue weighted by molar-refractivity contribution is -0.121. The molecule has 1 aliphatic rings. The summed E-state index contributed by atoms with van der Waals surface area (Å²) in [6.07, 6.45) is 3.39. The summed E-state index contributed by atoms with van der Waals surface area (Å²) >= 11 is 0. The summed E-state index contributed by atoms with van der Waals surface area (Å²) in [7, 11) is 0. The summed E-state index contributed by atoms with van der Waals surface area (Å²) in [6, 6.07) is 11.1. The maximum atomic E-state index is 12.8. The highest BCUT2D eigenvalue weighted by Crippen LogP contribution is 2.25. The quantitative estimate of drug-likeness (QED) is 0.709. The summed E-state index contributed by atoms with van der Waals surface area (Å²) in [5.74, 6) is -0.339. The van der Waals surface area contributed by atoms with E-state index in [1.54, 1.807) is 38.8 Å². The van der Waals surface area contributed by atoms with Crippen LogP contribution in [0.5, 0.6) is 0 Å². The largest absolute Gasteiger partial charge is 0.326 e. The average Bonchev–Trinajstić information content (AvgIpc) is 3.06. The number of hydrogen-bond acceptors (Lipinski definition) is 4. The van der Waals surface area contributed by atoms with Gasteiger partial charge in [0.1, 0.15) is 6.54 Å². The van der Waals surface area contributed by atoms with Gasteiger partial charge in [-0.15, -0.1) is 0 Å². The first-order chi connectivity index (χ1) is 12.5. The van der Waals surface area contributed by atoms with Gasteiger partial charge >= 0.3 is 0 Å². The fraction of sp³-hybridized carbons (Fsp3) is 0.263. The van der Waals surface area contributed by atoms with E-state index in [0.717, 1.165) is 11.3 Å². The number of aromatic nitrogens is 3. The molecule has 2 amide bonds. The highest BCUT2D eigenvalue weighted by Gasteiger charge is 2.34. The summed E-state index contributed by atoms with van der Waals surface area (Å²) < 4.78 is 1.56. The second-order valence-electron chi connectivity index (χ2n) is 6.54. The van der Waals surface area contributed by atoms with E-state index in [0.29, 0.717) is 17.9 Å². The molecule has 1 fully saturated rings. The van der Waals surface area contributed by atoms with Crippen molar-refractivity contribution in [1.82, 2.24) is 19.5 Å². The molecule has 1 aromatic carbocycles. The number of nitrogens with zero attached hydrogens (tertiary/aromatic N) is 5. The molecule has 0 saturated carbocycles. The molecule has 7 nitrogen and oxygen atoms in total. The van der Waals surface area contributed by atoms with Crippen LogP contribution in [0, 0.1) is 6.92 Å². The van der Waals surface area contributed by atoms with Gasteiger partial charge in [0.05, 0.1) is 6.04 Å². The number of aryl methyl sites for hydroxylation is 1. The van der Waals surface area contributed by atoms with Gasteiger partial charge in [-0.1, -0.05) is 18.2 Å². The molecular formula is C19H19N5O2. The van der Waals surface area contributed by atoms with Crippen molar-refractivity contribution in [1.29, 1.82) is 0 Å². The third kappa shape index (κ3) is 2.71. The molecule has 0 radical (unpaired) electrons. The topological polar surface area (TPSA) is 70.8 Å². The lowest BCUT2D eigenvalue weighted by Gasteiger charge is -2.39. The number of amides is 2. The number of rotatable bonds is 2. The third-order valence-electron chi connectivity index (χ3n) is 4.64. The van der Waals surface area contributed by atoms with E-state index in [2.05, 4.69) is 10.1 Å². The highest BCUT2D eigenvalue weighted by molar-refractivity contribution is 6.02. The fourth-order valence-corrected chi connectivity index (χ4v) is 3.41. The molecule has 26 heavy (non-hydrogen) atoms. The van der Waals surface area contributed by atoms with E-state index in [1.807, 2.05) is 38.1 Å². The molecule has 4 rings (SSSR count). The lowest BCUT2D eigenvalue weighted by Crippen LogP contribution is -2.57. The number of carbonyl (C=O) groups is 2. The van der Waals surface area contributed by atoms with E-state index in [9.17, 15) is 9.59 Å².